The van der Waals surface area contributed by atoms with Crippen LogP contribution in [0.3, 0.4) is 0 Å². The van der Waals surface area contributed by atoms with Crippen molar-refractivity contribution in [3.63, 3.8) is 0 Å². The van der Waals surface area contributed by atoms with Crippen molar-refractivity contribution in [2.75, 3.05) is 13.7 Å². The van der Waals surface area contributed by atoms with Gasteiger partial charge < -0.3 is 10.1 Å². The molecule has 106 valence electrons. The highest BCUT2D eigenvalue weighted by atomic mass is 16.5. The number of nitrogens with one attached hydrogen (secondary N) is 1. The summed E-state index contributed by atoms with van der Waals surface area (Å²) in [7, 11) is 1.75. The Kier molecular flexibility index (Phi) is 4.87. The van der Waals surface area contributed by atoms with Gasteiger partial charge in [-0.15, -0.1) is 0 Å². The van der Waals surface area contributed by atoms with E-state index in [1.807, 2.05) is 12.1 Å². The quantitative estimate of drug-likeness (QED) is 0.823. The van der Waals surface area contributed by atoms with Gasteiger partial charge in [0.1, 0.15) is 5.75 Å². The first-order chi connectivity index (χ1) is 9.21. The fourth-order valence-electron chi connectivity index (χ4n) is 3.28. The lowest BCUT2D eigenvalue weighted by atomic mass is 9.83. The van der Waals surface area contributed by atoms with Gasteiger partial charge in [0.25, 0.3) is 0 Å². The number of hydrogen-bond donors (Lipinski definition) is 1. The Morgan fingerprint density at radius 3 is 2.58 bits per heavy atom. The first-order valence-corrected chi connectivity index (χ1v) is 7.57. The van der Waals surface area contributed by atoms with Crippen molar-refractivity contribution in [3.8, 4) is 5.75 Å². The second kappa shape index (κ2) is 6.42. The van der Waals surface area contributed by atoms with Gasteiger partial charge in [0.05, 0.1) is 7.11 Å². The molecule has 0 spiro atoms. The Morgan fingerprint density at radius 2 is 1.95 bits per heavy atom. The van der Waals surface area contributed by atoms with E-state index in [4.69, 9.17) is 4.74 Å². The van der Waals surface area contributed by atoms with Gasteiger partial charge in [0.15, 0.2) is 0 Å². The van der Waals surface area contributed by atoms with E-state index >= 15 is 0 Å². The molecule has 0 radical (unpaired) electrons. The fourth-order valence-corrected chi connectivity index (χ4v) is 3.28. The van der Waals surface area contributed by atoms with E-state index in [1.165, 1.54) is 37.7 Å². The summed E-state index contributed by atoms with van der Waals surface area (Å²) in [6, 6.07) is 8.66. The minimum absolute atomic E-state index is 0.347. The summed E-state index contributed by atoms with van der Waals surface area (Å²) in [5, 5.41) is 3.73. The summed E-state index contributed by atoms with van der Waals surface area (Å²) in [6.45, 7) is 5.69. The number of hydrogen-bond acceptors (Lipinski definition) is 2. The second-order valence-corrected chi connectivity index (χ2v) is 5.91. The van der Waals surface area contributed by atoms with Crippen LogP contribution in [0.1, 0.15) is 57.6 Å². The van der Waals surface area contributed by atoms with Crippen molar-refractivity contribution in [2.45, 2.75) is 52.0 Å². The molecule has 1 fully saturated rings. The lowest BCUT2D eigenvalue weighted by Gasteiger charge is -2.30. The van der Waals surface area contributed by atoms with Crippen LogP contribution >= 0.6 is 0 Å². The summed E-state index contributed by atoms with van der Waals surface area (Å²) < 4.78 is 5.45. The largest absolute Gasteiger partial charge is 0.496 e. The van der Waals surface area contributed by atoms with E-state index in [-0.39, 0.29) is 0 Å². The van der Waals surface area contributed by atoms with Crippen LogP contribution < -0.4 is 10.1 Å². The van der Waals surface area contributed by atoms with Gasteiger partial charge in [-0.05, 0) is 37.7 Å². The van der Waals surface area contributed by atoms with Crippen molar-refractivity contribution in [1.29, 1.82) is 0 Å². The molecule has 0 amide bonds. The highest BCUT2D eigenvalue weighted by Gasteiger charge is 2.32. The lowest BCUT2D eigenvalue weighted by molar-refractivity contribution is 0.257. The molecular formula is C17H27NO. The van der Waals surface area contributed by atoms with Crippen LogP contribution in [0.15, 0.2) is 24.3 Å². The Balaban J connectivity index is 1.99. The third-order valence-corrected chi connectivity index (χ3v) is 4.80. The number of rotatable bonds is 6. The number of ether oxygens (including phenoxy) is 1. The van der Waals surface area contributed by atoms with E-state index in [2.05, 4.69) is 31.3 Å². The molecule has 0 aliphatic heterocycles. The molecule has 1 aliphatic rings. The first kappa shape index (κ1) is 14.4. The average Bonchev–Trinajstić information content (AvgIpc) is 2.94. The zero-order valence-corrected chi connectivity index (χ0v) is 12.5. The molecule has 19 heavy (non-hydrogen) atoms. The Bertz CT molecular complexity index is 396. The summed E-state index contributed by atoms with van der Waals surface area (Å²) in [4.78, 5) is 0. The van der Waals surface area contributed by atoms with Gasteiger partial charge in [-0.25, -0.2) is 0 Å². The molecule has 1 aliphatic carbocycles. The van der Waals surface area contributed by atoms with Crippen molar-refractivity contribution in [2.24, 2.45) is 5.41 Å². The summed E-state index contributed by atoms with van der Waals surface area (Å²) >= 11 is 0. The maximum atomic E-state index is 5.45. The van der Waals surface area contributed by atoms with E-state index in [0.717, 1.165) is 12.3 Å². The van der Waals surface area contributed by atoms with Crippen molar-refractivity contribution in [3.05, 3.63) is 29.8 Å². The third kappa shape index (κ3) is 3.30. The molecule has 0 bridgehead atoms. The Labute approximate surface area is 117 Å². The SMILES string of the molecule is CCC1(CNC(C)c2ccccc2OC)CCCC1. The number of benzene rings is 1. The van der Waals surface area contributed by atoms with Gasteiger partial charge >= 0.3 is 0 Å². The predicted octanol–water partition coefficient (Wildman–Crippen LogP) is 4.32. The summed E-state index contributed by atoms with van der Waals surface area (Å²) in [5.74, 6) is 0.986. The molecule has 1 aromatic carbocycles. The van der Waals surface area contributed by atoms with Gasteiger partial charge in [-0.2, -0.15) is 0 Å². The predicted molar refractivity (Wildman–Crippen MR) is 80.6 cm³/mol. The second-order valence-electron chi connectivity index (χ2n) is 5.91. The first-order valence-electron chi connectivity index (χ1n) is 7.57. The summed E-state index contributed by atoms with van der Waals surface area (Å²) in [5.41, 5.74) is 1.80. The molecule has 0 aromatic heterocycles. The van der Waals surface area contributed by atoms with Crippen molar-refractivity contribution < 1.29 is 4.74 Å². The Morgan fingerprint density at radius 1 is 1.26 bits per heavy atom. The topological polar surface area (TPSA) is 21.3 Å². The van der Waals surface area contributed by atoms with Crippen LogP contribution in [0.25, 0.3) is 0 Å². The van der Waals surface area contributed by atoms with Gasteiger partial charge in [0, 0.05) is 18.2 Å². The van der Waals surface area contributed by atoms with E-state index in [0.29, 0.717) is 11.5 Å². The highest BCUT2D eigenvalue weighted by Crippen LogP contribution is 2.40. The normalized spacial score (nSPS) is 19.3. The van der Waals surface area contributed by atoms with Crippen LogP contribution in [0.5, 0.6) is 5.75 Å². The highest BCUT2D eigenvalue weighted by molar-refractivity contribution is 5.35. The van der Waals surface area contributed by atoms with E-state index in [1.54, 1.807) is 7.11 Å². The molecule has 2 rings (SSSR count). The van der Waals surface area contributed by atoms with Gasteiger partial charge in [-0.1, -0.05) is 38.0 Å². The minimum atomic E-state index is 0.347. The maximum Gasteiger partial charge on any atom is 0.123 e. The Hall–Kier alpha value is -1.02. The molecule has 1 unspecified atom stereocenters. The van der Waals surface area contributed by atoms with Crippen LogP contribution in [0, 0.1) is 5.41 Å². The molecular weight excluding hydrogens is 234 g/mol. The molecule has 0 saturated heterocycles. The van der Waals surface area contributed by atoms with Crippen LogP contribution in [0.4, 0.5) is 0 Å². The van der Waals surface area contributed by atoms with Crippen LogP contribution in [0.2, 0.25) is 0 Å². The van der Waals surface area contributed by atoms with Gasteiger partial charge in [0.2, 0.25) is 0 Å². The number of methoxy groups -OCH3 is 1. The molecule has 2 nitrogen and oxygen atoms in total. The monoisotopic (exact) mass is 261 g/mol. The summed E-state index contributed by atoms with van der Waals surface area (Å²) in [6.07, 6.45) is 6.86. The van der Waals surface area contributed by atoms with Gasteiger partial charge in [-0.3, -0.25) is 0 Å². The fraction of sp³-hybridized carbons (Fsp3) is 0.647. The van der Waals surface area contributed by atoms with E-state index in [9.17, 15) is 0 Å². The number of para-hydroxylation sites is 1. The molecule has 2 heteroatoms. The average molecular weight is 261 g/mol. The lowest BCUT2D eigenvalue weighted by Crippen LogP contribution is -2.33. The molecule has 1 atom stereocenters. The third-order valence-electron chi connectivity index (χ3n) is 4.80. The minimum Gasteiger partial charge on any atom is -0.496 e. The molecule has 1 aromatic rings. The molecule has 0 heterocycles. The van der Waals surface area contributed by atoms with Crippen molar-refractivity contribution >= 4 is 0 Å². The van der Waals surface area contributed by atoms with Crippen LogP contribution in [-0.2, 0) is 0 Å². The zero-order valence-electron chi connectivity index (χ0n) is 12.5. The van der Waals surface area contributed by atoms with Crippen LogP contribution in [-0.4, -0.2) is 13.7 Å². The van der Waals surface area contributed by atoms with Crippen molar-refractivity contribution in [1.82, 2.24) is 5.32 Å². The maximum absolute atomic E-state index is 5.45. The molecule has 1 saturated carbocycles. The zero-order chi connectivity index (χ0) is 13.7. The van der Waals surface area contributed by atoms with E-state index < -0.39 is 0 Å². The standard InChI is InChI=1S/C17H27NO/c1-4-17(11-7-8-12-17)13-18-14(2)15-9-5-6-10-16(15)19-3/h5-6,9-10,14,18H,4,7-8,11-13H2,1-3H3. The smallest absolute Gasteiger partial charge is 0.123 e. The molecule has 1 N–H and O–H groups in total.